The molecule has 1 unspecified atom stereocenters. The van der Waals surface area contributed by atoms with Crippen LogP contribution in [0.15, 0.2) is 0 Å². The molecule has 1 fully saturated rings. The van der Waals surface area contributed by atoms with Gasteiger partial charge in [0.15, 0.2) is 0 Å². The van der Waals surface area contributed by atoms with Crippen LogP contribution < -0.4 is 0 Å². The topological polar surface area (TPSA) is 53.0 Å². The van der Waals surface area contributed by atoms with Crippen molar-refractivity contribution in [3.63, 3.8) is 0 Å². The Bertz CT molecular complexity index is 26.9. The lowest BCUT2D eigenvalue weighted by Gasteiger charge is -1.50. The highest BCUT2D eigenvalue weighted by molar-refractivity contribution is 4.58. The molecule has 2 N–H and O–H groups in total. The molecule has 1 atom stereocenters. The van der Waals surface area contributed by atoms with Gasteiger partial charge in [-0.3, -0.25) is 0 Å². The van der Waals surface area contributed by atoms with Crippen LogP contribution in [0, 0.1) is 0 Å². The van der Waals surface area contributed by atoms with Crippen molar-refractivity contribution in [3.8, 4) is 0 Å². The molecule has 0 aromatic heterocycles. The number of ether oxygens (including phenoxy) is 1. The third-order valence-corrected chi connectivity index (χ3v) is 0.500. The second-order valence-electron chi connectivity index (χ2n) is 1.14. The molecule has 0 amide bonds. The van der Waals surface area contributed by atoms with Crippen LogP contribution in [0.2, 0.25) is 0 Å². The Kier molecular flexibility index (Phi) is 13.5. The van der Waals surface area contributed by atoms with Gasteiger partial charge in [-0.2, -0.15) is 0 Å². The number of aliphatic hydroxyl groups is 2. The number of aliphatic hydroxyl groups excluding tert-OH is 2. The Morgan fingerprint density at radius 3 is 1.38 bits per heavy atom. The zero-order valence-corrected chi connectivity index (χ0v) is 5.59. The van der Waals surface area contributed by atoms with Crippen LogP contribution in [-0.4, -0.2) is 37.1 Å². The molecule has 3 nitrogen and oxygen atoms in total. The minimum Gasteiger partial charge on any atom is -0.400 e. The standard InChI is InChI=1S/C3H6O.2CH4O/c1-3-2-4-3;2*1-2/h3H,2H2,1H3;2*2H,1H3. The summed E-state index contributed by atoms with van der Waals surface area (Å²) >= 11 is 0. The molecule has 3 heteroatoms. The molecule has 1 aliphatic rings. The van der Waals surface area contributed by atoms with Gasteiger partial charge in [0.2, 0.25) is 0 Å². The average Bonchev–Trinajstić information content (AvgIpc) is 2.62. The summed E-state index contributed by atoms with van der Waals surface area (Å²) in [6.07, 6.45) is 0.583. The number of hydrogen-bond acceptors (Lipinski definition) is 3. The lowest BCUT2D eigenvalue weighted by Crippen LogP contribution is -1.60. The molecule has 0 saturated carbocycles. The SMILES string of the molecule is CC1CO1.CO.CO. The summed E-state index contributed by atoms with van der Waals surface area (Å²) in [4.78, 5) is 0. The van der Waals surface area contributed by atoms with Crippen LogP contribution in [0.5, 0.6) is 0 Å². The summed E-state index contributed by atoms with van der Waals surface area (Å²) in [5.74, 6) is 0. The minimum atomic E-state index is 0.583. The summed E-state index contributed by atoms with van der Waals surface area (Å²) in [5, 5.41) is 14.0. The van der Waals surface area contributed by atoms with Gasteiger partial charge in [0.05, 0.1) is 12.7 Å². The van der Waals surface area contributed by atoms with Crippen LogP contribution in [0.1, 0.15) is 6.92 Å². The fourth-order valence-corrected chi connectivity index (χ4v) is 0.0962. The van der Waals surface area contributed by atoms with Gasteiger partial charge < -0.3 is 14.9 Å². The van der Waals surface area contributed by atoms with E-state index in [-0.39, 0.29) is 0 Å². The van der Waals surface area contributed by atoms with Gasteiger partial charge >= 0.3 is 0 Å². The van der Waals surface area contributed by atoms with E-state index in [0.29, 0.717) is 6.10 Å². The molecule has 0 radical (unpaired) electrons. The van der Waals surface area contributed by atoms with Crippen LogP contribution >= 0.6 is 0 Å². The van der Waals surface area contributed by atoms with E-state index >= 15 is 0 Å². The Morgan fingerprint density at radius 1 is 1.25 bits per heavy atom. The molecular weight excluding hydrogens is 108 g/mol. The second-order valence-corrected chi connectivity index (χ2v) is 1.14. The van der Waals surface area contributed by atoms with Crippen molar-refractivity contribution in [2.24, 2.45) is 0 Å². The third kappa shape index (κ3) is 16.9. The quantitative estimate of drug-likeness (QED) is 0.431. The minimum absolute atomic E-state index is 0.583. The van der Waals surface area contributed by atoms with Crippen molar-refractivity contribution in [3.05, 3.63) is 0 Å². The molecule has 52 valence electrons. The van der Waals surface area contributed by atoms with Gasteiger partial charge in [-0.05, 0) is 6.92 Å². The van der Waals surface area contributed by atoms with Gasteiger partial charge in [-0.1, -0.05) is 0 Å². The predicted molar refractivity (Wildman–Crippen MR) is 31.7 cm³/mol. The molecule has 0 bridgehead atoms. The number of hydrogen-bond donors (Lipinski definition) is 2. The highest BCUT2D eigenvalue weighted by Crippen LogP contribution is 2.04. The van der Waals surface area contributed by atoms with Crippen molar-refractivity contribution < 1.29 is 14.9 Å². The Hall–Kier alpha value is -0.120. The lowest BCUT2D eigenvalue weighted by atomic mass is 10.6. The molecule has 0 aliphatic carbocycles. The summed E-state index contributed by atoms with van der Waals surface area (Å²) < 4.78 is 4.71. The van der Waals surface area contributed by atoms with E-state index in [9.17, 15) is 0 Å². The van der Waals surface area contributed by atoms with E-state index in [1.165, 1.54) is 0 Å². The number of epoxide rings is 1. The van der Waals surface area contributed by atoms with Crippen LogP contribution in [0.4, 0.5) is 0 Å². The van der Waals surface area contributed by atoms with Gasteiger partial charge in [-0.15, -0.1) is 0 Å². The smallest absolute Gasteiger partial charge is 0.0781 e. The maximum atomic E-state index is 7.00. The maximum absolute atomic E-state index is 7.00. The van der Waals surface area contributed by atoms with E-state index in [4.69, 9.17) is 14.9 Å². The Morgan fingerprint density at radius 2 is 1.38 bits per heavy atom. The molecule has 0 aromatic carbocycles. The summed E-state index contributed by atoms with van der Waals surface area (Å²) in [7, 11) is 2.00. The molecule has 1 rings (SSSR count). The molecule has 8 heavy (non-hydrogen) atoms. The van der Waals surface area contributed by atoms with Crippen LogP contribution in [0.3, 0.4) is 0 Å². The van der Waals surface area contributed by atoms with E-state index < -0.39 is 0 Å². The van der Waals surface area contributed by atoms with E-state index in [1.807, 2.05) is 0 Å². The first-order valence-corrected chi connectivity index (χ1v) is 2.40. The predicted octanol–water partition coefficient (Wildman–Crippen LogP) is -0.378. The largest absolute Gasteiger partial charge is 0.400 e. The first-order valence-electron chi connectivity index (χ1n) is 2.40. The molecule has 0 spiro atoms. The lowest BCUT2D eigenvalue weighted by molar-refractivity contribution is 0.399. The van der Waals surface area contributed by atoms with Gasteiger partial charge in [0.1, 0.15) is 0 Å². The van der Waals surface area contributed by atoms with Crippen molar-refractivity contribution in [1.82, 2.24) is 0 Å². The second kappa shape index (κ2) is 9.99. The van der Waals surface area contributed by atoms with E-state index in [1.54, 1.807) is 0 Å². The molecular formula is C5H14O3. The van der Waals surface area contributed by atoms with Crippen LogP contribution in [-0.2, 0) is 4.74 Å². The first kappa shape index (κ1) is 10.8. The van der Waals surface area contributed by atoms with Crippen molar-refractivity contribution >= 4 is 0 Å². The highest BCUT2D eigenvalue weighted by atomic mass is 16.6. The normalized spacial score (nSPS) is 21.4. The number of rotatable bonds is 0. The van der Waals surface area contributed by atoms with Gasteiger partial charge in [0.25, 0.3) is 0 Å². The molecule has 0 aromatic rings. The maximum Gasteiger partial charge on any atom is 0.0781 e. The van der Waals surface area contributed by atoms with E-state index in [2.05, 4.69) is 6.92 Å². The molecule has 1 saturated heterocycles. The highest BCUT2D eigenvalue weighted by Gasteiger charge is 2.13. The zero-order valence-electron chi connectivity index (χ0n) is 5.59. The van der Waals surface area contributed by atoms with Gasteiger partial charge in [0, 0.05) is 14.2 Å². The third-order valence-electron chi connectivity index (χ3n) is 0.500. The summed E-state index contributed by atoms with van der Waals surface area (Å²) in [6, 6.07) is 0. The fourth-order valence-electron chi connectivity index (χ4n) is 0.0962. The molecule has 1 aliphatic heterocycles. The monoisotopic (exact) mass is 122 g/mol. The van der Waals surface area contributed by atoms with Crippen molar-refractivity contribution in [1.29, 1.82) is 0 Å². The average molecular weight is 122 g/mol. The fraction of sp³-hybridized carbons (Fsp3) is 1.00. The first-order chi connectivity index (χ1) is 3.89. The Labute approximate surface area is 49.9 Å². The Balaban J connectivity index is 0. The van der Waals surface area contributed by atoms with E-state index in [0.717, 1.165) is 20.8 Å². The van der Waals surface area contributed by atoms with Gasteiger partial charge in [-0.25, -0.2) is 0 Å². The van der Waals surface area contributed by atoms with Crippen LogP contribution in [0.25, 0.3) is 0 Å². The summed E-state index contributed by atoms with van der Waals surface area (Å²) in [6.45, 7) is 3.04. The van der Waals surface area contributed by atoms with Crippen molar-refractivity contribution in [2.75, 3.05) is 20.8 Å². The van der Waals surface area contributed by atoms with Crippen molar-refractivity contribution in [2.45, 2.75) is 13.0 Å². The summed E-state index contributed by atoms with van der Waals surface area (Å²) in [5.41, 5.74) is 0. The zero-order chi connectivity index (χ0) is 6.99. The molecule has 1 heterocycles.